The molecule has 1 unspecified atom stereocenters. The number of hydrogen-bond donors (Lipinski definition) is 1. The molecular formula is C12H15BrN4. The molecule has 0 saturated heterocycles. The first-order chi connectivity index (χ1) is 8.22. The van der Waals surface area contributed by atoms with E-state index in [0.717, 1.165) is 16.6 Å². The van der Waals surface area contributed by atoms with Crippen LogP contribution in [0.5, 0.6) is 0 Å². The Kier molecular flexibility index (Phi) is 3.91. The Hall–Kier alpha value is -1.20. The molecule has 5 heteroatoms. The summed E-state index contributed by atoms with van der Waals surface area (Å²) in [5, 5.41) is 11.2. The molecule has 1 heterocycles. The van der Waals surface area contributed by atoms with Gasteiger partial charge >= 0.3 is 0 Å². The second-order valence-corrected chi connectivity index (χ2v) is 4.77. The van der Waals surface area contributed by atoms with Crippen molar-refractivity contribution in [1.29, 1.82) is 0 Å². The van der Waals surface area contributed by atoms with Crippen molar-refractivity contribution in [1.82, 2.24) is 20.3 Å². The fraction of sp³-hybridized carbons (Fsp3) is 0.333. The molecule has 1 N–H and O–H groups in total. The van der Waals surface area contributed by atoms with Gasteiger partial charge in [-0.05, 0) is 25.1 Å². The van der Waals surface area contributed by atoms with Crippen LogP contribution in [0.2, 0.25) is 0 Å². The fourth-order valence-corrected chi connectivity index (χ4v) is 2.30. The molecule has 2 aromatic rings. The molecular weight excluding hydrogens is 280 g/mol. The van der Waals surface area contributed by atoms with Crippen molar-refractivity contribution < 1.29 is 0 Å². The molecule has 4 nitrogen and oxygen atoms in total. The van der Waals surface area contributed by atoms with Gasteiger partial charge in [-0.1, -0.05) is 39.3 Å². The van der Waals surface area contributed by atoms with Crippen LogP contribution in [0.3, 0.4) is 0 Å². The molecule has 1 atom stereocenters. The highest BCUT2D eigenvalue weighted by Gasteiger charge is 2.15. The number of benzene rings is 1. The highest BCUT2D eigenvalue weighted by atomic mass is 79.9. The molecule has 17 heavy (non-hydrogen) atoms. The molecule has 0 radical (unpaired) electrons. The maximum Gasteiger partial charge on any atom is 0.0756 e. The monoisotopic (exact) mass is 294 g/mol. The van der Waals surface area contributed by atoms with Crippen LogP contribution < -0.4 is 5.32 Å². The van der Waals surface area contributed by atoms with E-state index in [-0.39, 0.29) is 6.04 Å². The van der Waals surface area contributed by atoms with E-state index in [9.17, 15) is 0 Å². The lowest BCUT2D eigenvalue weighted by Gasteiger charge is -2.16. The van der Waals surface area contributed by atoms with Crippen molar-refractivity contribution >= 4 is 15.9 Å². The molecule has 1 aromatic heterocycles. The van der Waals surface area contributed by atoms with Crippen molar-refractivity contribution in [2.24, 2.45) is 7.05 Å². The van der Waals surface area contributed by atoms with E-state index in [1.54, 1.807) is 10.9 Å². The number of aromatic nitrogens is 3. The maximum absolute atomic E-state index is 3.96. The molecule has 0 amide bonds. The van der Waals surface area contributed by atoms with Gasteiger partial charge in [-0.15, -0.1) is 5.10 Å². The topological polar surface area (TPSA) is 42.7 Å². The number of nitrogens with zero attached hydrogens (tertiary/aromatic N) is 3. The minimum absolute atomic E-state index is 0.216. The third-order valence-corrected chi connectivity index (χ3v) is 3.61. The lowest BCUT2D eigenvalue weighted by atomic mass is 10.0. The first-order valence-corrected chi connectivity index (χ1v) is 6.27. The van der Waals surface area contributed by atoms with Gasteiger partial charge in [0.15, 0.2) is 0 Å². The average molecular weight is 295 g/mol. The quantitative estimate of drug-likeness (QED) is 0.939. The second-order valence-electron chi connectivity index (χ2n) is 3.92. The van der Waals surface area contributed by atoms with Crippen molar-refractivity contribution in [2.45, 2.75) is 12.5 Å². The van der Waals surface area contributed by atoms with Gasteiger partial charge in [0, 0.05) is 11.5 Å². The Morgan fingerprint density at radius 3 is 2.76 bits per heavy atom. The van der Waals surface area contributed by atoms with Crippen LogP contribution in [0.25, 0.3) is 0 Å². The Bertz CT molecular complexity index is 495. The average Bonchev–Trinajstić information content (AvgIpc) is 2.75. The smallest absolute Gasteiger partial charge is 0.0756 e. The van der Waals surface area contributed by atoms with Crippen LogP contribution >= 0.6 is 15.9 Å². The zero-order chi connectivity index (χ0) is 12.3. The van der Waals surface area contributed by atoms with E-state index in [4.69, 9.17) is 0 Å². The number of halogens is 1. The molecule has 1 aromatic carbocycles. The zero-order valence-electron chi connectivity index (χ0n) is 9.89. The number of aryl methyl sites for hydroxylation is 1. The van der Waals surface area contributed by atoms with E-state index in [0.29, 0.717) is 0 Å². The van der Waals surface area contributed by atoms with Crippen molar-refractivity contribution in [2.75, 3.05) is 7.05 Å². The highest BCUT2D eigenvalue weighted by molar-refractivity contribution is 9.10. The summed E-state index contributed by atoms with van der Waals surface area (Å²) in [4.78, 5) is 0. The summed E-state index contributed by atoms with van der Waals surface area (Å²) in [5.41, 5.74) is 2.36. The Morgan fingerprint density at radius 2 is 2.18 bits per heavy atom. The highest BCUT2D eigenvalue weighted by Crippen LogP contribution is 2.22. The van der Waals surface area contributed by atoms with Gasteiger partial charge in [0.2, 0.25) is 0 Å². The Balaban J connectivity index is 2.22. The van der Waals surface area contributed by atoms with Gasteiger partial charge in [-0.3, -0.25) is 4.68 Å². The van der Waals surface area contributed by atoms with Crippen LogP contribution in [0, 0.1) is 0 Å². The largest absolute Gasteiger partial charge is 0.311 e. The Morgan fingerprint density at radius 1 is 1.41 bits per heavy atom. The summed E-state index contributed by atoms with van der Waals surface area (Å²) in [7, 11) is 3.86. The van der Waals surface area contributed by atoms with E-state index in [1.165, 1.54) is 5.56 Å². The van der Waals surface area contributed by atoms with Gasteiger partial charge in [0.1, 0.15) is 0 Å². The fourth-order valence-electron chi connectivity index (χ4n) is 1.85. The van der Waals surface area contributed by atoms with E-state index < -0.39 is 0 Å². The van der Waals surface area contributed by atoms with Gasteiger partial charge in [0.25, 0.3) is 0 Å². The SMILES string of the molecule is CNC(Cc1ccccc1Br)c1cnnn1C. The molecule has 0 spiro atoms. The van der Waals surface area contributed by atoms with Crippen molar-refractivity contribution in [3.8, 4) is 0 Å². The number of likely N-dealkylation sites (N-methyl/N-ethyl adjacent to an activating group) is 1. The third kappa shape index (κ3) is 2.73. The minimum Gasteiger partial charge on any atom is -0.311 e. The van der Waals surface area contributed by atoms with Crippen LogP contribution in [-0.2, 0) is 13.5 Å². The van der Waals surface area contributed by atoms with Crippen molar-refractivity contribution in [3.05, 3.63) is 46.2 Å². The van der Waals surface area contributed by atoms with E-state index >= 15 is 0 Å². The summed E-state index contributed by atoms with van der Waals surface area (Å²) in [6.07, 6.45) is 2.71. The Labute approximate surface area is 109 Å². The number of rotatable bonds is 4. The van der Waals surface area contributed by atoms with Crippen LogP contribution in [0.15, 0.2) is 34.9 Å². The molecule has 0 aliphatic rings. The predicted octanol–water partition coefficient (Wildman–Crippen LogP) is 2.08. The summed E-state index contributed by atoms with van der Waals surface area (Å²) in [6.45, 7) is 0. The molecule has 0 bridgehead atoms. The van der Waals surface area contributed by atoms with Crippen LogP contribution in [0.1, 0.15) is 17.3 Å². The first kappa shape index (κ1) is 12.3. The molecule has 90 valence electrons. The third-order valence-electron chi connectivity index (χ3n) is 2.84. The number of nitrogens with one attached hydrogen (secondary N) is 1. The lowest BCUT2D eigenvalue weighted by molar-refractivity contribution is 0.534. The van der Waals surface area contributed by atoms with E-state index in [2.05, 4.69) is 43.7 Å². The van der Waals surface area contributed by atoms with Gasteiger partial charge in [-0.25, -0.2) is 0 Å². The maximum atomic E-state index is 3.96. The van der Waals surface area contributed by atoms with Crippen LogP contribution in [0.4, 0.5) is 0 Å². The summed E-state index contributed by atoms with van der Waals surface area (Å²) >= 11 is 3.57. The normalized spacial score (nSPS) is 12.6. The van der Waals surface area contributed by atoms with E-state index in [1.807, 2.05) is 26.2 Å². The molecule has 2 rings (SSSR count). The van der Waals surface area contributed by atoms with Gasteiger partial charge in [-0.2, -0.15) is 0 Å². The summed E-state index contributed by atoms with van der Waals surface area (Å²) < 4.78 is 2.94. The lowest BCUT2D eigenvalue weighted by Crippen LogP contribution is -2.21. The number of hydrogen-bond acceptors (Lipinski definition) is 3. The van der Waals surface area contributed by atoms with Crippen molar-refractivity contribution in [3.63, 3.8) is 0 Å². The molecule has 0 aliphatic heterocycles. The molecule has 0 saturated carbocycles. The van der Waals surface area contributed by atoms with Gasteiger partial charge < -0.3 is 5.32 Å². The molecule has 0 aliphatic carbocycles. The predicted molar refractivity (Wildman–Crippen MR) is 70.6 cm³/mol. The molecule has 0 fully saturated rings. The zero-order valence-corrected chi connectivity index (χ0v) is 11.5. The van der Waals surface area contributed by atoms with Crippen LogP contribution in [-0.4, -0.2) is 22.0 Å². The first-order valence-electron chi connectivity index (χ1n) is 5.47. The minimum atomic E-state index is 0.216. The summed E-state index contributed by atoms with van der Waals surface area (Å²) in [5.74, 6) is 0. The second kappa shape index (κ2) is 5.42. The van der Waals surface area contributed by atoms with Gasteiger partial charge in [0.05, 0.1) is 17.9 Å². The standard InChI is InChI=1S/C12H15BrN4/c1-14-11(12-8-15-16-17(12)2)7-9-5-3-4-6-10(9)13/h3-6,8,11,14H,7H2,1-2H3. The summed E-state index contributed by atoms with van der Waals surface area (Å²) in [6, 6.07) is 8.47.